The van der Waals surface area contributed by atoms with Crippen LogP contribution in [0.3, 0.4) is 0 Å². The molecule has 0 radical (unpaired) electrons. The van der Waals surface area contributed by atoms with Gasteiger partial charge >= 0.3 is 0 Å². The minimum Gasteiger partial charge on any atom is -0.264 e. The highest BCUT2D eigenvalue weighted by molar-refractivity contribution is 5.91. The van der Waals surface area contributed by atoms with Crippen LogP contribution in [0.5, 0.6) is 0 Å². The fourth-order valence-electron chi connectivity index (χ4n) is 3.69. The van der Waals surface area contributed by atoms with Crippen LogP contribution >= 0.6 is 0 Å². The van der Waals surface area contributed by atoms with Crippen molar-refractivity contribution in [2.24, 2.45) is 0 Å². The monoisotopic (exact) mass is 351 g/mol. The van der Waals surface area contributed by atoms with Crippen LogP contribution in [0, 0.1) is 13.8 Å². The molecule has 0 N–H and O–H groups in total. The molecule has 0 aliphatic rings. The molecule has 5 heteroatoms. The van der Waals surface area contributed by atoms with E-state index in [0.29, 0.717) is 0 Å². The van der Waals surface area contributed by atoms with Crippen LogP contribution < -0.4 is 0 Å². The lowest BCUT2D eigenvalue weighted by Gasteiger charge is -2.13. The van der Waals surface area contributed by atoms with Gasteiger partial charge in [-0.05, 0) is 55.8 Å². The van der Waals surface area contributed by atoms with Crippen molar-refractivity contribution in [3.8, 4) is 16.8 Å². The van der Waals surface area contributed by atoms with Gasteiger partial charge in [0.05, 0.1) is 16.7 Å². The molecule has 3 aromatic heterocycles. The second kappa shape index (κ2) is 5.99. The third-order valence-corrected chi connectivity index (χ3v) is 4.96. The van der Waals surface area contributed by atoms with Gasteiger partial charge in [-0.25, -0.2) is 4.68 Å². The van der Waals surface area contributed by atoms with Gasteiger partial charge in [0.2, 0.25) is 0 Å². The van der Waals surface area contributed by atoms with Crippen molar-refractivity contribution in [1.82, 2.24) is 25.0 Å². The van der Waals surface area contributed by atoms with Crippen molar-refractivity contribution in [3.05, 3.63) is 78.2 Å². The van der Waals surface area contributed by atoms with Gasteiger partial charge in [0.15, 0.2) is 0 Å². The zero-order chi connectivity index (χ0) is 18.4. The van der Waals surface area contributed by atoms with Crippen LogP contribution in [0.15, 0.2) is 67.0 Å². The topological polar surface area (TPSA) is 56.5 Å². The molecule has 2 aromatic carbocycles. The molecule has 0 unspecified atom stereocenters. The maximum absolute atomic E-state index is 4.82. The van der Waals surface area contributed by atoms with E-state index in [-0.39, 0.29) is 0 Å². The number of rotatable bonds is 2. The fraction of sp³-hybridized carbons (Fsp3) is 0.0909. The Morgan fingerprint density at radius 2 is 1.78 bits per heavy atom. The van der Waals surface area contributed by atoms with E-state index in [2.05, 4.69) is 34.4 Å². The summed E-state index contributed by atoms with van der Waals surface area (Å²) in [7, 11) is 0. The molecule has 3 heterocycles. The van der Waals surface area contributed by atoms with E-state index < -0.39 is 0 Å². The van der Waals surface area contributed by atoms with Gasteiger partial charge in [0.1, 0.15) is 5.52 Å². The number of aryl methyl sites for hydroxylation is 2. The first kappa shape index (κ1) is 15.6. The summed E-state index contributed by atoms with van der Waals surface area (Å²) in [6.07, 6.45) is 3.67. The third kappa shape index (κ3) is 2.47. The van der Waals surface area contributed by atoms with E-state index in [4.69, 9.17) is 4.98 Å². The van der Waals surface area contributed by atoms with Crippen molar-refractivity contribution in [2.75, 3.05) is 0 Å². The molecule has 5 nitrogen and oxygen atoms in total. The van der Waals surface area contributed by atoms with E-state index in [9.17, 15) is 0 Å². The lowest BCUT2D eigenvalue weighted by Crippen LogP contribution is -1.99. The van der Waals surface area contributed by atoms with Crippen LogP contribution in [0.1, 0.15) is 11.3 Å². The number of pyridine rings is 2. The number of benzene rings is 2. The summed E-state index contributed by atoms with van der Waals surface area (Å²) in [5, 5.41) is 9.71. The summed E-state index contributed by atoms with van der Waals surface area (Å²) in [6.45, 7) is 4.19. The van der Waals surface area contributed by atoms with Crippen molar-refractivity contribution in [1.29, 1.82) is 0 Å². The first-order chi connectivity index (χ1) is 13.2. The van der Waals surface area contributed by atoms with Crippen molar-refractivity contribution < 1.29 is 0 Å². The molecule has 0 saturated heterocycles. The minimum absolute atomic E-state index is 0.882. The molecule has 130 valence electrons. The molecule has 0 spiro atoms. The molecule has 0 bridgehead atoms. The van der Waals surface area contributed by atoms with E-state index in [1.807, 2.05) is 60.3 Å². The van der Waals surface area contributed by atoms with Crippen LogP contribution in [0.25, 0.3) is 38.8 Å². The maximum atomic E-state index is 4.82. The molecule has 27 heavy (non-hydrogen) atoms. The van der Waals surface area contributed by atoms with Gasteiger partial charge in [-0.1, -0.05) is 23.4 Å². The average molecular weight is 351 g/mol. The predicted octanol–water partition coefficient (Wildman–Crippen LogP) is 4.65. The molecule has 0 fully saturated rings. The Kier molecular flexibility index (Phi) is 3.47. The van der Waals surface area contributed by atoms with Crippen LogP contribution in [-0.2, 0) is 0 Å². The Morgan fingerprint density at radius 1 is 0.889 bits per heavy atom. The van der Waals surface area contributed by atoms with Gasteiger partial charge < -0.3 is 0 Å². The quantitative estimate of drug-likeness (QED) is 0.465. The van der Waals surface area contributed by atoms with E-state index >= 15 is 0 Å². The van der Waals surface area contributed by atoms with Crippen LogP contribution in [0.2, 0.25) is 0 Å². The third-order valence-electron chi connectivity index (χ3n) is 4.96. The standard InChI is InChI=1S/C22H17N5/c1-14-18-12-17(27-21-8-4-3-7-20(21)25-26-27)9-10-19(18)24-15(2)22(14)16-6-5-11-23-13-16/h3-13H,1-2H3. The van der Waals surface area contributed by atoms with Crippen molar-refractivity contribution in [3.63, 3.8) is 0 Å². The Hall–Kier alpha value is -3.60. The zero-order valence-electron chi connectivity index (χ0n) is 15.1. The van der Waals surface area contributed by atoms with Crippen molar-refractivity contribution in [2.45, 2.75) is 13.8 Å². The van der Waals surface area contributed by atoms with Crippen LogP contribution in [0.4, 0.5) is 0 Å². The molecule has 0 amide bonds. The smallest absolute Gasteiger partial charge is 0.113 e. The summed E-state index contributed by atoms with van der Waals surface area (Å²) in [6, 6.07) is 18.2. The second-order valence-electron chi connectivity index (χ2n) is 6.63. The highest BCUT2D eigenvalue weighted by atomic mass is 15.4. The lowest BCUT2D eigenvalue weighted by molar-refractivity contribution is 0.825. The average Bonchev–Trinajstić information content (AvgIpc) is 3.13. The summed E-state index contributed by atoms with van der Waals surface area (Å²) in [4.78, 5) is 9.09. The highest BCUT2D eigenvalue weighted by Crippen LogP contribution is 2.32. The summed E-state index contributed by atoms with van der Waals surface area (Å²) in [5.74, 6) is 0. The number of fused-ring (bicyclic) bond motifs is 2. The molecule has 5 aromatic rings. The number of hydrogen-bond donors (Lipinski definition) is 0. The summed E-state index contributed by atoms with van der Waals surface area (Å²) in [5.41, 5.74) is 8.24. The Bertz CT molecular complexity index is 1290. The van der Waals surface area contributed by atoms with Gasteiger partial charge in [-0.2, -0.15) is 0 Å². The molecule has 5 rings (SSSR count). The highest BCUT2D eigenvalue weighted by Gasteiger charge is 2.13. The number of aromatic nitrogens is 5. The summed E-state index contributed by atoms with van der Waals surface area (Å²) >= 11 is 0. The largest absolute Gasteiger partial charge is 0.264 e. The molecular weight excluding hydrogens is 334 g/mol. The first-order valence-corrected chi connectivity index (χ1v) is 8.84. The first-order valence-electron chi connectivity index (χ1n) is 8.84. The Morgan fingerprint density at radius 3 is 2.63 bits per heavy atom. The zero-order valence-corrected chi connectivity index (χ0v) is 15.1. The molecular formula is C22H17N5. The van der Waals surface area contributed by atoms with Gasteiger partial charge in [-0.3, -0.25) is 9.97 Å². The van der Waals surface area contributed by atoms with Gasteiger partial charge in [-0.15, -0.1) is 5.10 Å². The molecule has 0 aliphatic heterocycles. The normalized spacial score (nSPS) is 11.3. The van der Waals surface area contributed by atoms with E-state index in [1.54, 1.807) is 6.20 Å². The van der Waals surface area contributed by atoms with Crippen molar-refractivity contribution >= 4 is 21.9 Å². The molecule has 0 saturated carbocycles. The lowest BCUT2D eigenvalue weighted by atomic mass is 9.97. The van der Waals surface area contributed by atoms with E-state index in [0.717, 1.165) is 44.4 Å². The van der Waals surface area contributed by atoms with Gasteiger partial charge in [0.25, 0.3) is 0 Å². The number of hydrogen-bond acceptors (Lipinski definition) is 4. The SMILES string of the molecule is Cc1nc2ccc(-n3nnc4ccccc43)cc2c(C)c1-c1cccnc1. The predicted molar refractivity (Wildman–Crippen MR) is 107 cm³/mol. The maximum Gasteiger partial charge on any atom is 0.113 e. The fourth-order valence-corrected chi connectivity index (χ4v) is 3.69. The van der Waals surface area contributed by atoms with Crippen LogP contribution in [-0.4, -0.2) is 25.0 Å². The second-order valence-corrected chi connectivity index (χ2v) is 6.63. The minimum atomic E-state index is 0.882. The van der Waals surface area contributed by atoms with Gasteiger partial charge in [0, 0.05) is 34.6 Å². The Labute approximate surface area is 156 Å². The Balaban J connectivity index is 1.76. The number of nitrogens with zero attached hydrogens (tertiary/aromatic N) is 5. The molecule has 0 atom stereocenters. The summed E-state index contributed by atoms with van der Waals surface area (Å²) < 4.78 is 1.87. The number of para-hydroxylation sites is 1. The van der Waals surface area contributed by atoms with E-state index in [1.165, 1.54) is 5.56 Å². The molecule has 0 aliphatic carbocycles.